The van der Waals surface area contributed by atoms with Crippen LogP contribution in [0.4, 0.5) is 5.82 Å². The van der Waals surface area contributed by atoms with Crippen LogP contribution in [0.5, 0.6) is 0 Å². The zero-order valence-corrected chi connectivity index (χ0v) is 18.9. The molecule has 0 aliphatic rings. The molecule has 7 nitrogen and oxygen atoms in total. The largest absolute Gasteiger partial charge is 0.368 e. The number of nitrogens with two attached hydrogens (primary N) is 1. The summed E-state index contributed by atoms with van der Waals surface area (Å²) in [5.41, 5.74) is 2.78. The molecule has 1 aromatic heterocycles. The molecule has 0 fully saturated rings. The number of nitriles is 1. The molecular formula is C22H23N5O2S2. The van der Waals surface area contributed by atoms with Gasteiger partial charge in [-0.25, -0.2) is 23.5 Å². The molecule has 3 aromatic rings. The maximum absolute atomic E-state index is 11.4. The quantitative estimate of drug-likeness (QED) is 0.393. The highest BCUT2D eigenvalue weighted by Gasteiger charge is 2.17. The molecule has 2 aromatic carbocycles. The van der Waals surface area contributed by atoms with E-state index in [1.807, 2.05) is 30.3 Å². The van der Waals surface area contributed by atoms with Crippen molar-refractivity contribution in [3.05, 3.63) is 65.7 Å². The molecule has 0 bridgehead atoms. The van der Waals surface area contributed by atoms with Gasteiger partial charge in [0.15, 0.2) is 5.16 Å². The third-order valence-electron chi connectivity index (χ3n) is 4.35. The van der Waals surface area contributed by atoms with E-state index in [9.17, 15) is 13.7 Å². The Kier molecular flexibility index (Phi) is 7.28. The van der Waals surface area contributed by atoms with Crippen molar-refractivity contribution in [2.45, 2.75) is 35.6 Å². The fourth-order valence-electron chi connectivity index (χ4n) is 2.91. The second-order valence-corrected chi connectivity index (χ2v) is 10.2. The average molecular weight is 454 g/mol. The van der Waals surface area contributed by atoms with Gasteiger partial charge in [-0.2, -0.15) is 5.26 Å². The Bertz CT molecular complexity index is 1190. The standard InChI is InChI=1S/C22H23N5O2S2/c1-15(2)30-22-26-20(17-6-4-3-5-7-17)19(14-23)21(27-22)25-13-12-16-8-10-18(11-9-16)31(24,28)29/h3-11,15H,12-13H2,1-2H3,(H2,24,28,29)(H,25,26,27). The van der Waals surface area contributed by atoms with E-state index in [-0.39, 0.29) is 4.90 Å². The summed E-state index contributed by atoms with van der Waals surface area (Å²) in [6.07, 6.45) is 0.618. The van der Waals surface area contributed by atoms with E-state index in [0.29, 0.717) is 40.4 Å². The van der Waals surface area contributed by atoms with Crippen LogP contribution < -0.4 is 10.5 Å². The molecule has 0 radical (unpaired) electrons. The van der Waals surface area contributed by atoms with E-state index in [1.54, 1.807) is 12.1 Å². The number of rotatable bonds is 8. The zero-order valence-electron chi connectivity index (χ0n) is 17.2. The van der Waals surface area contributed by atoms with Crippen molar-refractivity contribution in [2.75, 3.05) is 11.9 Å². The average Bonchev–Trinajstić information content (AvgIpc) is 2.73. The molecule has 0 aliphatic carbocycles. The zero-order chi connectivity index (χ0) is 22.4. The summed E-state index contributed by atoms with van der Waals surface area (Å²) >= 11 is 1.53. The Labute approximate surface area is 186 Å². The third kappa shape index (κ3) is 6.04. The molecule has 9 heteroatoms. The molecule has 0 atom stereocenters. The van der Waals surface area contributed by atoms with Crippen LogP contribution >= 0.6 is 11.8 Å². The minimum atomic E-state index is -3.71. The number of sulfonamides is 1. The fraction of sp³-hybridized carbons (Fsp3) is 0.227. The second kappa shape index (κ2) is 9.92. The first kappa shape index (κ1) is 22.7. The summed E-state index contributed by atoms with van der Waals surface area (Å²) in [6, 6.07) is 18.2. The van der Waals surface area contributed by atoms with E-state index in [0.717, 1.165) is 11.1 Å². The van der Waals surface area contributed by atoms with E-state index in [2.05, 4.69) is 35.2 Å². The van der Waals surface area contributed by atoms with Gasteiger partial charge in [0.2, 0.25) is 10.0 Å². The van der Waals surface area contributed by atoms with Crippen molar-refractivity contribution in [3.8, 4) is 17.3 Å². The van der Waals surface area contributed by atoms with E-state index >= 15 is 0 Å². The molecular weight excluding hydrogens is 430 g/mol. The smallest absolute Gasteiger partial charge is 0.238 e. The van der Waals surface area contributed by atoms with Crippen molar-refractivity contribution in [3.63, 3.8) is 0 Å². The Balaban J connectivity index is 1.85. The van der Waals surface area contributed by atoms with Gasteiger partial charge in [0.05, 0.1) is 10.6 Å². The fourth-order valence-corrected chi connectivity index (χ4v) is 4.14. The van der Waals surface area contributed by atoms with Crippen LogP contribution in [0.1, 0.15) is 25.0 Å². The Hall–Kier alpha value is -2.93. The lowest BCUT2D eigenvalue weighted by molar-refractivity contribution is 0.598. The molecule has 0 saturated carbocycles. The summed E-state index contributed by atoms with van der Waals surface area (Å²) in [4.78, 5) is 9.28. The predicted octanol–water partition coefficient (Wildman–Crippen LogP) is 3.82. The Morgan fingerprint density at radius 2 is 1.77 bits per heavy atom. The number of thioether (sulfide) groups is 1. The van der Waals surface area contributed by atoms with Crippen LogP contribution in [0.15, 0.2) is 64.6 Å². The van der Waals surface area contributed by atoms with Crippen LogP contribution in [0, 0.1) is 11.3 Å². The molecule has 0 aliphatic heterocycles. The number of aromatic nitrogens is 2. The van der Waals surface area contributed by atoms with E-state index in [1.165, 1.54) is 23.9 Å². The number of anilines is 1. The van der Waals surface area contributed by atoms with Crippen molar-refractivity contribution in [2.24, 2.45) is 5.14 Å². The van der Waals surface area contributed by atoms with Gasteiger partial charge in [-0.05, 0) is 24.1 Å². The van der Waals surface area contributed by atoms with Crippen LogP contribution in [0.25, 0.3) is 11.3 Å². The lowest BCUT2D eigenvalue weighted by Crippen LogP contribution is -2.12. The van der Waals surface area contributed by atoms with Gasteiger partial charge >= 0.3 is 0 Å². The monoisotopic (exact) mass is 453 g/mol. The molecule has 3 rings (SSSR count). The van der Waals surface area contributed by atoms with Gasteiger partial charge in [0.1, 0.15) is 17.5 Å². The molecule has 160 valence electrons. The summed E-state index contributed by atoms with van der Waals surface area (Å²) in [7, 11) is -3.71. The second-order valence-electron chi connectivity index (χ2n) is 7.09. The lowest BCUT2D eigenvalue weighted by atomic mass is 10.1. The molecule has 1 heterocycles. The van der Waals surface area contributed by atoms with Crippen molar-refractivity contribution < 1.29 is 8.42 Å². The Morgan fingerprint density at radius 3 is 2.35 bits per heavy atom. The summed E-state index contributed by atoms with van der Waals surface area (Å²) in [5, 5.41) is 19.1. The predicted molar refractivity (Wildman–Crippen MR) is 123 cm³/mol. The van der Waals surface area contributed by atoms with Gasteiger partial charge in [-0.15, -0.1) is 0 Å². The summed E-state index contributed by atoms with van der Waals surface area (Å²) in [6.45, 7) is 4.64. The van der Waals surface area contributed by atoms with Gasteiger partial charge in [-0.1, -0.05) is 68.1 Å². The normalized spacial score (nSPS) is 11.3. The molecule has 31 heavy (non-hydrogen) atoms. The van der Waals surface area contributed by atoms with Gasteiger partial charge in [-0.3, -0.25) is 0 Å². The van der Waals surface area contributed by atoms with Crippen LogP contribution in [-0.4, -0.2) is 30.2 Å². The molecule has 0 saturated heterocycles. The molecule has 0 amide bonds. The number of benzene rings is 2. The topological polar surface area (TPSA) is 122 Å². The van der Waals surface area contributed by atoms with Crippen LogP contribution in [0.3, 0.4) is 0 Å². The first-order valence-electron chi connectivity index (χ1n) is 9.67. The molecule has 0 spiro atoms. The lowest BCUT2D eigenvalue weighted by Gasteiger charge is -2.13. The number of hydrogen-bond acceptors (Lipinski definition) is 7. The summed E-state index contributed by atoms with van der Waals surface area (Å²) < 4.78 is 22.8. The van der Waals surface area contributed by atoms with Crippen molar-refractivity contribution >= 4 is 27.6 Å². The summed E-state index contributed by atoms with van der Waals surface area (Å²) in [5.74, 6) is 0.487. The van der Waals surface area contributed by atoms with Crippen LogP contribution in [-0.2, 0) is 16.4 Å². The third-order valence-corrected chi connectivity index (χ3v) is 6.14. The first-order valence-corrected chi connectivity index (χ1v) is 12.1. The molecule has 0 unspecified atom stereocenters. The SMILES string of the molecule is CC(C)Sc1nc(NCCc2ccc(S(N)(=O)=O)cc2)c(C#N)c(-c2ccccc2)n1. The molecule has 3 N–H and O–H groups in total. The highest BCUT2D eigenvalue weighted by atomic mass is 32.2. The van der Waals surface area contributed by atoms with Crippen molar-refractivity contribution in [1.29, 1.82) is 5.26 Å². The maximum Gasteiger partial charge on any atom is 0.238 e. The highest BCUT2D eigenvalue weighted by Crippen LogP contribution is 2.30. The van der Waals surface area contributed by atoms with Gasteiger partial charge in [0, 0.05) is 17.4 Å². The van der Waals surface area contributed by atoms with Crippen molar-refractivity contribution in [1.82, 2.24) is 9.97 Å². The minimum absolute atomic E-state index is 0.0784. The van der Waals surface area contributed by atoms with Gasteiger partial charge < -0.3 is 5.32 Å². The number of nitrogens with one attached hydrogen (secondary N) is 1. The van der Waals surface area contributed by atoms with E-state index in [4.69, 9.17) is 5.14 Å². The first-order chi connectivity index (χ1) is 14.8. The van der Waals surface area contributed by atoms with Crippen LogP contribution in [0.2, 0.25) is 0 Å². The maximum atomic E-state index is 11.4. The van der Waals surface area contributed by atoms with Gasteiger partial charge in [0.25, 0.3) is 0 Å². The minimum Gasteiger partial charge on any atom is -0.368 e. The van der Waals surface area contributed by atoms with E-state index < -0.39 is 10.0 Å². The number of nitrogens with zero attached hydrogens (tertiary/aromatic N) is 3. The number of hydrogen-bond donors (Lipinski definition) is 2. The Morgan fingerprint density at radius 1 is 1.10 bits per heavy atom. The highest BCUT2D eigenvalue weighted by molar-refractivity contribution is 7.99. The number of primary sulfonamides is 1.